The first-order valence-corrected chi connectivity index (χ1v) is 8.07. The van der Waals surface area contributed by atoms with Crippen molar-refractivity contribution in [1.82, 2.24) is 20.4 Å². The first kappa shape index (κ1) is 16.9. The molecule has 1 aliphatic carbocycles. The van der Waals surface area contributed by atoms with Gasteiger partial charge in [0, 0.05) is 18.3 Å². The number of hydrogen-bond donors (Lipinski definition) is 2. The summed E-state index contributed by atoms with van der Waals surface area (Å²) in [4.78, 5) is 20.7. The summed E-state index contributed by atoms with van der Waals surface area (Å²) in [6, 6.07) is 1.89. The standard InChI is InChI=1S/C16H19N5O2.ClH/c22-14(19-16-20-15(23-21-16)12-1-2-12)13-6-11(8-18-9-13)5-10-3-4-17-7-10;/h6,8-10,12,17H,1-5,7H2,(H,19,21,22);1H. The van der Waals surface area contributed by atoms with Gasteiger partial charge in [-0.3, -0.25) is 15.1 Å². The van der Waals surface area contributed by atoms with E-state index in [1.165, 1.54) is 6.42 Å². The highest BCUT2D eigenvalue weighted by Gasteiger charge is 2.30. The maximum absolute atomic E-state index is 12.3. The van der Waals surface area contributed by atoms with Gasteiger partial charge in [-0.1, -0.05) is 0 Å². The van der Waals surface area contributed by atoms with E-state index in [1.54, 1.807) is 6.20 Å². The van der Waals surface area contributed by atoms with E-state index >= 15 is 0 Å². The largest absolute Gasteiger partial charge is 0.337 e. The second kappa shape index (κ2) is 7.27. The van der Waals surface area contributed by atoms with Crippen LogP contribution >= 0.6 is 12.4 Å². The van der Waals surface area contributed by atoms with Crippen LogP contribution in [0.5, 0.6) is 0 Å². The van der Waals surface area contributed by atoms with Crippen LogP contribution in [0.25, 0.3) is 0 Å². The molecular formula is C16H20ClN5O2. The average molecular weight is 350 g/mol. The van der Waals surface area contributed by atoms with Crippen LogP contribution in [-0.2, 0) is 6.42 Å². The molecule has 2 aliphatic rings. The summed E-state index contributed by atoms with van der Waals surface area (Å²) in [6.45, 7) is 2.10. The molecule has 1 amide bonds. The zero-order valence-corrected chi connectivity index (χ0v) is 14.0. The third-order valence-electron chi connectivity index (χ3n) is 4.34. The fourth-order valence-electron chi connectivity index (χ4n) is 2.90. The van der Waals surface area contributed by atoms with Gasteiger partial charge >= 0.3 is 0 Å². The molecule has 2 aromatic heterocycles. The van der Waals surface area contributed by atoms with Gasteiger partial charge in [0.2, 0.25) is 5.89 Å². The molecule has 1 saturated carbocycles. The van der Waals surface area contributed by atoms with Crippen molar-refractivity contribution < 1.29 is 9.32 Å². The second-order valence-corrected chi connectivity index (χ2v) is 6.33. The average Bonchev–Trinajstić information content (AvgIpc) is 3.09. The minimum Gasteiger partial charge on any atom is -0.337 e. The lowest BCUT2D eigenvalue weighted by atomic mass is 9.99. The Labute approximate surface area is 146 Å². The molecule has 1 saturated heterocycles. The van der Waals surface area contributed by atoms with Gasteiger partial charge in [0.15, 0.2) is 0 Å². The first-order chi connectivity index (χ1) is 11.3. The molecule has 8 heteroatoms. The number of anilines is 1. The predicted molar refractivity (Wildman–Crippen MR) is 90.4 cm³/mol. The van der Waals surface area contributed by atoms with Crippen molar-refractivity contribution in [2.75, 3.05) is 18.4 Å². The number of rotatable bonds is 5. The van der Waals surface area contributed by atoms with E-state index in [0.717, 1.165) is 37.9 Å². The molecule has 0 spiro atoms. The minimum atomic E-state index is -0.257. The van der Waals surface area contributed by atoms with Gasteiger partial charge in [0.25, 0.3) is 11.9 Å². The molecule has 0 radical (unpaired) electrons. The van der Waals surface area contributed by atoms with E-state index in [0.29, 0.717) is 23.3 Å². The third kappa shape index (κ3) is 3.91. The van der Waals surface area contributed by atoms with Gasteiger partial charge in [-0.05, 0) is 61.5 Å². The molecule has 1 unspecified atom stereocenters. The Morgan fingerprint density at radius 2 is 2.21 bits per heavy atom. The number of carbonyl (C=O) groups excluding carboxylic acids is 1. The van der Waals surface area contributed by atoms with Crippen molar-refractivity contribution in [1.29, 1.82) is 0 Å². The number of aromatic nitrogens is 3. The lowest BCUT2D eigenvalue weighted by Gasteiger charge is -2.08. The van der Waals surface area contributed by atoms with Crippen molar-refractivity contribution in [2.24, 2.45) is 5.92 Å². The number of nitrogens with one attached hydrogen (secondary N) is 2. The normalized spacial score (nSPS) is 19.8. The molecule has 0 aromatic carbocycles. The summed E-state index contributed by atoms with van der Waals surface area (Å²) in [5.41, 5.74) is 1.60. The smallest absolute Gasteiger partial charge is 0.270 e. The van der Waals surface area contributed by atoms with E-state index in [4.69, 9.17) is 4.52 Å². The predicted octanol–water partition coefficient (Wildman–Crippen LogP) is 2.17. The van der Waals surface area contributed by atoms with Crippen LogP contribution in [0.15, 0.2) is 23.0 Å². The Hall–Kier alpha value is -1.99. The summed E-state index contributed by atoms with van der Waals surface area (Å²) in [5.74, 6) is 1.57. The Bertz CT molecular complexity index is 710. The van der Waals surface area contributed by atoms with E-state index in [-0.39, 0.29) is 24.3 Å². The van der Waals surface area contributed by atoms with E-state index in [9.17, 15) is 4.79 Å². The molecular weight excluding hydrogens is 330 g/mol. The van der Waals surface area contributed by atoms with Gasteiger partial charge in [-0.2, -0.15) is 4.98 Å². The third-order valence-corrected chi connectivity index (χ3v) is 4.34. The van der Waals surface area contributed by atoms with Crippen LogP contribution in [0.1, 0.15) is 47.0 Å². The molecule has 2 fully saturated rings. The number of hydrogen-bond acceptors (Lipinski definition) is 6. The van der Waals surface area contributed by atoms with Crippen LogP contribution in [0.2, 0.25) is 0 Å². The Balaban J connectivity index is 0.00000169. The Morgan fingerprint density at radius 1 is 1.33 bits per heavy atom. The zero-order valence-electron chi connectivity index (χ0n) is 13.2. The van der Waals surface area contributed by atoms with Gasteiger partial charge in [-0.15, -0.1) is 12.4 Å². The fourth-order valence-corrected chi connectivity index (χ4v) is 2.90. The minimum absolute atomic E-state index is 0. The summed E-state index contributed by atoms with van der Waals surface area (Å²) in [5, 5.41) is 9.83. The van der Waals surface area contributed by atoms with Crippen LogP contribution < -0.4 is 10.6 Å². The summed E-state index contributed by atoms with van der Waals surface area (Å²) in [6.07, 6.45) is 7.66. The topological polar surface area (TPSA) is 92.9 Å². The lowest BCUT2D eigenvalue weighted by molar-refractivity contribution is 0.102. The molecule has 2 aromatic rings. The first-order valence-electron chi connectivity index (χ1n) is 8.07. The van der Waals surface area contributed by atoms with Gasteiger partial charge in [0.05, 0.1) is 5.56 Å². The van der Waals surface area contributed by atoms with Crippen molar-refractivity contribution in [2.45, 2.75) is 31.6 Å². The Morgan fingerprint density at radius 3 is 2.96 bits per heavy atom. The van der Waals surface area contributed by atoms with Crippen LogP contribution in [0, 0.1) is 5.92 Å². The number of carbonyl (C=O) groups is 1. The maximum atomic E-state index is 12.3. The van der Waals surface area contributed by atoms with Crippen molar-refractivity contribution in [3.63, 3.8) is 0 Å². The van der Waals surface area contributed by atoms with E-state index < -0.39 is 0 Å². The second-order valence-electron chi connectivity index (χ2n) is 6.33. The molecule has 0 bridgehead atoms. The lowest BCUT2D eigenvalue weighted by Crippen LogP contribution is -2.15. The maximum Gasteiger partial charge on any atom is 0.270 e. The fraction of sp³-hybridized carbons (Fsp3) is 0.500. The zero-order chi connectivity index (χ0) is 15.6. The SMILES string of the molecule is Cl.O=C(Nc1noc(C2CC2)n1)c1cncc(CC2CCNC2)c1. The highest BCUT2D eigenvalue weighted by atomic mass is 35.5. The van der Waals surface area contributed by atoms with E-state index in [2.05, 4.69) is 25.8 Å². The van der Waals surface area contributed by atoms with Gasteiger partial charge in [-0.25, -0.2) is 0 Å². The summed E-state index contributed by atoms with van der Waals surface area (Å²) >= 11 is 0. The van der Waals surface area contributed by atoms with Gasteiger partial charge < -0.3 is 9.84 Å². The molecule has 1 atom stereocenters. The quantitative estimate of drug-likeness (QED) is 0.859. The number of halogens is 1. The van der Waals surface area contributed by atoms with Crippen molar-refractivity contribution in [3.8, 4) is 0 Å². The van der Waals surface area contributed by atoms with Crippen molar-refractivity contribution >= 4 is 24.3 Å². The molecule has 3 heterocycles. The van der Waals surface area contributed by atoms with Gasteiger partial charge in [0.1, 0.15) is 0 Å². The van der Waals surface area contributed by atoms with Crippen molar-refractivity contribution in [3.05, 3.63) is 35.5 Å². The highest BCUT2D eigenvalue weighted by Crippen LogP contribution is 2.39. The Kier molecular flexibility index (Phi) is 5.11. The molecule has 24 heavy (non-hydrogen) atoms. The molecule has 4 rings (SSSR count). The molecule has 1 aliphatic heterocycles. The van der Waals surface area contributed by atoms with E-state index in [1.807, 2.05) is 12.3 Å². The summed E-state index contributed by atoms with van der Waals surface area (Å²) < 4.78 is 5.14. The highest BCUT2D eigenvalue weighted by molar-refractivity contribution is 6.03. The van der Waals surface area contributed by atoms with Crippen LogP contribution in [0.4, 0.5) is 5.95 Å². The number of amides is 1. The number of nitrogens with zero attached hydrogens (tertiary/aromatic N) is 3. The monoisotopic (exact) mass is 349 g/mol. The molecule has 2 N–H and O–H groups in total. The molecule has 128 valence electrons. The number of pyridine rings is 1. The van der Waals surface area contributed by atoms with Crippen LogP contribution in [0.3, 0.4) is 0 Å². The van der Waals surface area contributed by atoms with Crippen LogP contribution in [-0.4, -0.2) is 34.1 Å². The molecule has 7 nitrogen and oxygen atoms in total. The summed E-state index contributed by atoms with van der Waals surface area (Å²) in [7, 11) is 0.